The quantitative estimate of drug-likeness (QED) is 0.664. The van der Waals surface area contributed by atoms with E-state index in [1.807, 2.05) is 0 Å². The molecule has 3 aromatic rings. The lowest BCUT2D eigenvalue weighted by Crippen LogP contribution is -2.05. The number of rotatable bonds is 4. The van der Waals surface area contributed by atoms with Crippen molar-refractivity contribution in [3.05, 3.63) is 65.7 Å². The van der Waals surface area contributed by atoms with Crippen molar-refractivity contribution < 1.29 is 26.0 Å². The van der Waals surface area contributed by atoms with Crippen LogP contribution in [0.4, 0.5) is 17.6 Å². The van der Waals surface area contributed by atoms with E-state index in [-0.39, 0.29) is 28.5 Å². The Morgan fingerprint density at radius 2 is 1.75 bits per heavy atom. The van der Waals surface area contributed by atoms with Gasteiger partial charge < -0.3 is 5.73 Å². The summed E-state index contributed by atoms with van der Waals surface area (Å²) in [4.78, 5) is 3.65. The molecule has 0 radical (unpaired) electrons. The molecule has 28 heavy (non-hydrogen) atoms. The molecule has 0 spiro atoms. The summed E-state index contributed by atoms with van der Waals surface area (Å²) in [5.74, 6) is -0.804. The van der Waals surface area contributed by atoms with E-state index in [0.29, 0.717) is 5.56 Å². The predicted octanol–water partition coefficient (Wildman–Crippen LogP) is 3.56. The Labute approximate surface area is 158 Å². The van der Waals surface area contributed by atoms with E-state index in [4.69, 9.17) is 5.73 Å². The molecule has 0 fully saturated rings. The summed E-state index contributed by atoms with van der Waals surface area (Å²) < 4.78 is 77.8. The number of aromatic nitrogens is 2. The van der Waals surface area contributed by atoms with E-state index in [1.165, 1.54) is 36.4 Å². The number of halogens is 4. The van der Waals surface area contributed by atoms with Crippen LogP contribution in [0.2, 0.25) is 0 Å². The molecule has 1 heterocycles. The maximum absolute atomic E-state index is 13.9. The van der Waals surface area contributed by atoms with Gasteiger partial charge in [0, 0.05) is 30.2 Å². The average Bonchev–Trinajstić information content (AvgIpc) is 3.06. The Morgan fingerprint density at radius 1 is 1.11 bits per heavy atom. The zero-order valence-corrected chi connectivity index (χ0v) is 15.4. The largest absolute Gasteiger partial charge is 0.434 e. The molecule has 0 aliphatic heterocycles. The number of hydrogen-bond acceptors (Lipinski definition) is 4. The van der Waals surface area contributed by atoms with Crippen LogP contribution in [0.5, 0.6) is 0 Å². The van der Waals surface area contributed by atoms with Gasteiger partial charge in [0.05, 0.1) is 4.90 Å². The summed E-state index contributed by atoms with van der Waals surface area (Å²) in [5.41, 5.74) is 5.10. The van der Waals surface area contributed by atoms with Gasteiger partial charge in [0.2, 0.25) is 0 Å². The molecule has 0 amide bonds. The summed E-state index contributed by atoms with van der Waals surface area (Å²) in [6, 6.07) is 8.95. The van der Waals surface area contributed by atoms with Crippen molar-refractivity contribution in [2.75, 3.05) is 6.26 Å². The second-order valence-corrected chi connectivity index (χ2v) is 8.15. The first-order valence-corrected chi connectivity index (χ1v) is 9.85. The summed E-state index contributed by atoms with van der Waals surface area (Å²) in [6.45, 7) is 0.000648. The number of imidazole rings is 1. The first kappa shape index (κ1) is 20.0. The topological polar surface area (TPSA) is 78.0 Å². The summed E-state index contributed by atoms with van der Waals surface area (Å²) >= 11 is 0. The highest BCUT2D eigenvalue weighted by molar-refractivity contribution is 7.90. The first-order chi connectivity index (χ1) is 13.0. The van der Waals surface area contributed by atoms with E-state index in [0.717, 1.165) is 23.1 Å². The smallest absolute Gasteiger partial charge is 0.326 e. The van der Waals surface area contributed by atoms with E-state index in [9.17, 15) is 26.0 Å². The SMILES string of the molecule is CS(=O)(=O)c1ccc(-n2cc(C(F)(F)F)nc2-c2cc(F)cc(CN)c2)cc1. The van der Waals surface area contributed by atoms with Gasteiger partial charge in [-0.3, -0.25) is 4.57 Å². The predicted molar refractivity (Wildman–Crippen MR) is 95.0 cm³/mol. The average molecular weight is 413 g/mol. The van der Waals surface area contributed by atoms with Gasteiger partial charge in [0.1, 0.15) is 11.6 Å². The Bertz CT molecular complexity index is 1120. The van der Waals surface area contributed by atoms with Crippen LogP contribution in [0.1, 0.15) is 11.3 Å². The van der Waals surface area contributed by atoms with Gasteiger partial charge in [0.15, 0.2) is 15.5 Å². The summed E-state index contributed by atoms with van der Waals surface area (Å²) in [7, 11) is -3.47. The Morgan fingerprint density at radius 3 is 2.29 bits per heavy atom. The number of nitrogens with zero attached hydrogens (tertiary/aromatic N) is 2. The lowest BCUT2D eigenvalue weighted by molar-refractivity contribution is -0.140. The molecule has 10 heteroatoms. The van der Waals surface area contributed by atoms with E-state index < -0.39 is 27.5 Å². The fraction of sp³-hybridized carbons (Fsp3) is 0.167. The van der Waals surface area contributed by atoms with Crippen LogP contribution in [0.15, 0.2) is 53.6 Å². The van der Waals surface area contributed by atoms with Gasteiger partial charge >= 0.3 is 6.18 Å². The number of nitrogens with two attached hydrogens (primary N) is 1. The van der Waals surface area contributed by atoms with Crippen LogP contribution in [0.25, 0.3) is 17.1 Å². The van der Waals surface area contributed by atoms with Crippen LogP contribution in [-0.4, -0.2) is 24.2 Å². The molecule has 0 saturated heterocycles. The third-order valence-electron chi connectivity index (χ3n) is 3.99. The summed E-state index contributed by atoms with van der Waals surface area (Å²) in [6.07, 6.45) is -2.91. The minimum atomic E-state index is -4.71. The van der Waals surface area contributed by atoms with Crippen LogP contribution < -0.4 is 5.73 Å². The third kappa shape index (κ3) is 4.07. The lowest BCUT2D eigenvalue weighted by atomic mass is 10.1. The monoisotopic (exact) mass is 413 g/mol. The third-order valence-corrected chi connectivity index (χ3v) is 5.12. The van der Waals surface area contributed by atoms with Crippen molar-refractivity contribution in [2.24, 2.45) is 5.73 Å². The zero-order chi connectivity index (χ0) is 20.7. The van der Waals surface area contributed by atoms with E-state index in [2.05, 4.69) is 4.98 Å². The van der Waals surface area contributed by atoms with Crippen molar-refractivity contribution in [3.63, 3.8) is 0 Å². The number of alkyl halides is 3. The lowest BCUT2D eigenvalue weighted by Gasteiger charge is -2.10. The van der Waals surface area contributed by atoms with Crippen molar-refractivity contribution in [2.45, 2.75) is 17.6 Å². The van der Waals surface area contributed by atoms with Crippen molar-refractivity contribution in [1.82, 2.24) is 9.55 Å². The van der Waals surface area contributed by atoms with E-state index >= 15 is 0 Å². The van der Waals surface area contributed by atoms with Crippen LogP contribution in [0, 0.1) is 5.82 Å². The fourth-order valence-electron chi connectivity index (χ4n) is 2.67. The number of hydrogen-bond donors (Lipinski definition) is 1. The van der Waals surface area contributed by atoms with Crippen LogP contribution in [-0.2, 0) is 22.6 Å². The molecule has 0 aliphatic carbocycles. The highest BCUT2D eigenvalue weighted by Gasteiger charge is 2.35. The van der Waals surface area contributed by atoms with Crippen LogP contribution >= 0.6 is 0 Å². The molecule has 5 nitrogen and oxygen atoms in total. The minimum absolute atomic E-state index is 0.000648. The van der Waals surface area contributed by atoms with Crippen molar-refractivity contribution >= 4 is 9.84 Å². The zero-order valence-electron chi connectivity index (χ0n) is 14.5. The van der Waals surface area contributed by atoms with Gasteiger partial charge in [-0.05, 0) is 48.0 Å². The molecule has 0 saturated carbocycles. The van der Waals surface area contributed by atoms with Gasteiger partial charge in [-0.2, -0.15) is 13.2 Å². The number of benzene rings is 2. The molecule has 0 bridgehead atoms. The first-order valence-electron chi connectivity index (χ1n) is 7.96. The molecule has 2 aromatic carbocycles. The summed E-state index contributed by atoms with van der Waals surface area (Å²) in [5, 5.41) is 0. The van der Waals surface area contributed by atoms with Gasteiger partial charge in [-0.25, -0.2) is 17.8 Å². The highest BCUT2D eigenvalue weighted by Crippen LogP contribution is 2.33. The Balaban J connectivity index is 2.21. The molecular formula is C18H15F4N3O2S. The molecule has 0 atom stereocenters. The minimum Gasteiger partial charge on any atom is -0.326 e. The Kier molecular flexibility index (Phi) is 5.02. The second kappa shape index (κ2) is 7.02. The standard InChI is InChI=1S/C18H15F4N3O2S/c1-28(26,27)15-4-2-14(3-5-15)25-10-16(18(20,21)22)24-17(25)12-6-11(9-23)7-13(19)8-12/h2-8,10H,9,23H2,1H3. The molecule has 0 unspecified atom stereocenters. The van der Waals surface area contributed by atoms with Gasteiger partial charge in [-0.1, -0.05) is 0 Å². The molecule has 3 rings (SSSR count). The molecular weight excluding hydrogens is 398 g/mol. The van der Waals surface area contributed by atoms with Crippen molar-refractivity contribution in [1.29, 1.82) is 0 Å². The van der Waals surface area contributed by atoms with Gasteiger partial charge in [-0.15, -0.1) is 0 Å². The van der Waals surface area contributed by atoms with E-state index in [1.54, 1.807) is 0 Å². The molecule has 1 aromatic heterocycles. The second-order valence-electron chi connectivity index (χ2n) is 6.14. The molecule has 148 valence electrons. The maximum Gasteiger partial charge on any atom is 0.434 e. The Hall–Kier alpha value is -2.72. The van der Waals surface area contributed by atoms with Gasteiger partial charge in [0.25, 0.3) is 0 Å². The fourth-order valence-corrected chi connectivity index (χ4v) is 3.30. The maximum atomic E-state index is 13.9. The van der Waals surface area contributed by atoms with Crippen molar-refractivity contribution in [3.8, 4) is 17.1 Å². The normalized spacial score (nSPS) is 12.4. The van der Waals surface area contributed by atoms with Crippen LogP contribution in [0.3, 0.4) is 0 Å². The highest BCUT2D eigenvalue weighted by atomic mass is 32.2. The number of sulfone groups is 1. The molecule has 0 aliphatic rings. The molecule has 2 N–H and O–H groups in total.